The average molecular weight is 562 g/mol. The molecule has 0 aliphatic heterocycles. The maximum absolute atomic E-state index is 12.2. The molecule has 3 rings (SSSR count). The Morgan fingerprint density at radius 1 is 1.19 bits per heavy atom. The number of non-ortho nitro benzene ring substituents is 1. The number of carbonyl (C=O) groups excluding carboxylic acids is 1. The van der Waals surface area contributed by atoms with Gasteiger partial charge in [0.05, 0.1) is 20.1 Å². The van der Waals surface area contributed by atoms with E-state index >= 15 is 0 Å². The van der Waals surface area contributed by atoms with Crippen LogP contribution in [0, 0.1) is 10.1 Å². The molecule has 1 heterocycles. The van der Waals surface area contributed by atoms with E-state index in [2.05, 4.69) is 58.3 Å². The topological polar surface area (TPSA) is 118 Å². The lowest BCUT2D eigenvalue weighted by Gasteiger charge is -2.02. The van der Waals surface area contributed by atoms with Crippen LogP contribution in [0.15, 0.2) is 53.3 Å². The number of phenolic OH excluding ortho intramolecular Hbond substituents is 1. The number of aromatic hydroxyl groups is 1. The number of hydrazone groups is 1. The molecule has 0 bridgehead atoms. The Hall–Kier alpha value is -2.24. The molecule has 8 nitrogen and oxygen atoms in total. The molecule has 27 heavy (non-hydrogen) atoms. The Bertz CT molecular complexity index is 1110. The van der Waals surface area contributed by atoms with Crippen molar-refractivity contribution < 1.29 is 19.2 Å². The standard InChI is InChI=1S/C16H8Br3N3O5/c17-9-1-7-3-13(27-15(7)12(19)4-9)16(24)21-20-6-8-2-10(22(25)26)5-11(18)14(8)23/h1-6,23H,(H,21,24)/b20-6-. The molecule has 0 saturated heterocycles. The van der Waals surface area contributed by atoms with Gasteiger partial charge in [-0.25, -0.2) is 5.43 Å². The van der Waals surface area contributed by atoms with E-state index in [4.69, 9.17) is 4.42 Å². The van der Waals surface area contributed by atoms with Crippen LogP contribution in [0.2, 0.25) is 0 Å². The van der Waals surface area contributed by atoms with E-state index < -0.39 is 10.8 Å². The summed E-state index contributed by atoms with van der Waals surface area (Å²) in [7, 11) is 0. The summed E-state index contributed by atoms with van der Waals surface area (Å²) in [5.41, 5.74) is 2.59. The van der Waals surface area contributed by atoms with Gasteiger partial charge < -0.3 is 9.52 Å². The van der Waals surface area contributed by atoms with E-state index in [0.29, 0.717) is 15.4 Å². The number of nitro groups is 1. The number of nitrogens with one attached hydrogen (secondary N) is 1. The molecule has 11 heteroatoms. The van der Waals surface area contributed by atoms with E-state index in [1.807, 2.05) is 0 Å². The largest absolute Gasteiger partial charge is 0.506 e. The predicted molar refractivity (Wildman–Crippen MR) is 109 cm³/mol. The zero-order valence-corrected chi connectivity index (χ0v) is 17.8. The molecule has 0 unspecified atom stereocenters. The zero-order valence-electron chi connectivity index (χ0n) is 13.1. The highest BCUT2D eigenvalue weighted by Gasteiger charge is 2.15. The van der Waals surface area contributed by atoms with Crippen LogP contribution < -0.4 is 5.43 Å². The summed E-state index contributed by atoms with van der Waals surface area (Å²) in [5.74, 6) is -0.823. The second-order valence-electron chi connectivity index (χ2n) is 5.24. The van der Waals surface area contributed by atoms with Crippen LogP contribution >= 0.6 is 47.8 Å². The van der Waals surface area contributed by atoms with Crippen LogP contribution in [0.5, 0.6) is 5.75 Å². The molecule has 0 aliphatic rings. The zero-order chi connectivity index (χ0) is 19.7. The molecule has 138 valence electrons. The molecule has 0 atom stereocenters. The molecule has 1 amide bonds. The molecule has 2 aromatic carbocycles. The monoisotopic (exact) mass is 559 g/mol. The molecular formula is C16H8Br3N3O5. The van der Waals surface area contributed by atoms with Gasteiger partial charge in [-0.05, 0) is 50.1 Å². The number of hydrogen-bond acceptors (Lipinski definition) is 6. The first-order valence-electron chi connectivity index (χ1n) is 7.15. The number of fused-ring (bicyclic) bond motifs is 1. The Morgan fingerprint density at radius 2 is 1.93 bits per heavy atom. The predicted octanol–water partition coefficient (Wildman–Crippen LogP) is 5.10. The van der Waals surface area contributed by atoms with Gasteiger partial charge in [-0.15, -0.1) is 0 Å². The van der Waals surface area contributed by atoms with E-state index in [1.165, 1.54) is 0 Å². The highest BCUT2D eigenvalue weighted by molar-refractivity contribution is 9.11. The van der Waals surface area contributed by atoms with Gasteiger partial charge in [0, 0.05) is 27.6 Å². The first-order chi connectivity index (χ1) is 12.8. The molecule has 0 radical (unpaired) electrons. The van der Waals surface area contributed by atoms with Gasteiger partial charge in [-0.3, -0.25) is 14.9 Å². The number of rotatable bonds is 4. The van der Waals surface area contributed by atoms with Crippen LogP contribution in [-0.4, -0.2) is 22.2 Å². The summed E-state index contributed by atoms with van der Waals surface area (Å²) in [6, 6.07) is 7.43. The summed E-state index contributed by atoms with van der Waals surface area (Å²) < 4.78 is 7.15. The van der Waals surface area contributed by atoms with Crippen molar-refractivity contribution in [2.75, 3.05) is 0 Å². The van der Waals surface area contributed by atoms with Crippen LogP contribution in [0.3, 0.4) is 0 Å². The molecule has 2 N–H and O–H groups in total. The molecule has 0 aliphatic carbocycles. The second kappa shape index (κ2) is 7.79. The second-order valence-corrected chi connectivity index (χ2v) is 7.86. The van der Waals surface area contributed by atoms with Crippen molar-refractivity contribution >= 4 is 76.6 Å². The minimum atomic E-state index is -0.616. The first kappa shape index (κ1) is 19.5. The Labute approximate surface area is 176 Å². The number of phenols is 1. The van der Waals surface area contributed by atoms with Gasteiger partial charge in [0.15, 0.2) is 5.76 Å². The van der Waals surface area contributed by atoms with E-state index in [9.17, 15) is 20.0 Å². The van der Waals surface area contributed by atoms with Crippen LogP contribution in [0.4, 0.5) is 5.69 Å². The van der Waals surface area contributed by atoms with Gasteiger partial charge in [0.2, 0.25) is 0 Å². The molecule has 0 fully saturated rings. The minimum Gasteiger partial charge on any atom is -0.506 e. The van der Waals surface area contributed by atoms with Crippen molar-refractivity contribution in [3.05, 3.63) is 65.2 Å². The van der Waals surface area contributed by atoms with Gasteiger partial charge in [-0.1, -0.05) is 15.9 Å². The van der Waals surface area contributed by atoms with Crippen molar-refractivity contribution in [2.24, 2.45) is 5.10 Å². The molecule has 0 spiro atoms. The molecular weight excluding hydrogens is 554 g/mol. The van der Waals surface area contributed by atoms with E-state index in [0.717, 1.165) is 22.8 Å². The molecule has 0 saturated carbocycles. The van der Waals surface area contributed by atoms with Gasteiger partial charge in [0.1, 0.15) is 11.3 Å². The van der Waals surface area contributed by atoms with Crippen LogP contribution in [-0.2, 0) is 0 Å². The van der Waals surface area contributed by atoms with Gasteiger partial charge >= 0.3 is 5.91 Å². The Balaban J connectivity index is 1.82. The highest BCUT2D eigenvalue weighted by atomic mass is 79.9. The van der Waals surface area contributed by atoms with Crippen molar-refractivity contribution in [1.29, 1.82) is 0 Å². The van der Waals surface area contributed by atoms with Gasteiger partial charge in [-0.2, -0.15) is 5.10 Å². The number of hydrogen-bond donors (Lipinski definition) is 2. The first-order valence-corrected chi connectivity index (χ1v) is 9.53. The Morgan fingerprint density at radius 3 is 2.63 bits per heavy atom. The Kier molecular flexibility index (Phi) is 5.63. The van der Waals surface area contributed by atoms with Gasteiger partial charge in [0.25, 0.3) is 5.69 Å². The molecule has 3 aromatic rings. The summed E-state index contributed by atoms with van der Waals surface area (Å²) in [5, 5.41) is 25.3. The highest BCUT2D eigenvalue weighted by Crippen LogP contribution is 2.32. The number of nitrogens with zero attached hydrogens (tertiary/aromatic N) is 2. The van der Waals surface area contributed by atoms with Crippen LogP contribution in [0.1, 0.15) is 16.1 Å². The third kappa shape index (κ3) is 4.20. The van der Waals surface area contributed by atoms with Crippen molar-refractivity contribution in [3.63, 3.8) is 0 Å². The lowest BCUT2D eigenvalue weighted by Crippen LogP contribution is -2.16. The lowest BCUT2D eigenvalue weighted by atomic mass is 10.2. The number of amides is 1. The summed E-state index contributed by atoms with van der Waals surface area (Å²) in [6.07, 6.45) is 1.10. The number of benzene rings is 2. The summed E-state index contributed by atoms with van der Waals surface area (Å²) in [6.45, 7) is 0. The third-order valence-electron chi connectivity index (χ3n) is 3.42. The maximum Gasteiger partial charge on any atom is 0.307 e. The number of halogens is 3. The fourth-order valence-electron chi connectivity index (χ4n) is 2.21. The normalized spacial score (nSPS) is 11.2. The van der Waals surface area contributed by atoms with Crippen molar-refractivity contribution in [3.8, 4) is 5.75 Å². The van der Waals surface area contributed by atoms with Crippen molar-refractivity contribution in [2.45, 2.75) is 0 Å². The summed E-state index contributed by atoms with van der Waals surface area (Å²) in [4.78, 5) is 22.5. The fraction of sp³-hybridized carbons (Fsp3) is 0. The molecule has 1 aromatic heterocycles. The van der Waals surface area contributed by atoms with Crippen molar-refractivity contribution in [1.82, 2.24) is 5.43 Å². The fourth-order valence-corrected chi connectivity index (χ4v) is 4.02. The van der Waals surface area contributed by atoms with E-state index in [1.54, 1.807) is 18.2 Å². The quantitative estimate of drug-likeness (QED) is 0.261. The van der Waals surface area contributed by atoms with E-state index in [-0.39, 0.29) is 27.2 Å². The lowest BCUT2D eigenvalue weighted by molar-refractivity contribution is -0.385. The number of furan rings is 1. The van der Waals surface area contributed by atoms with Crippen LogP contribution in [0.25, 0.3) is 11.0 Å². The third-order valence-corrected chi connectivity index (χ3v) is 5.07. The number of carbonyl (C=O) groups is 1. The maximum atomic E-state index is 12.2. The smallest absolute Gasteiger partial charge is 0.307 e. The average Bonchev–Trinajstić information content (AvgIpc) is 3.02. The SMILES string of the molecule is O=C(N/N=C\c1cc([N+](=O)[O-])cc(Br)c1O)c1cc2cc(Br)cc(Br)c2o1. The number of nitro benzene ring substituents is 1. The summed E-state index contributed by atoms with van der Waals surface area (Å²) >= 11 is 9.74. The minimum absolute atomic E-state index is 0.0328.